The second kappa shape index (κ2) is 7.80. The molecule has 0 heterocycles. The number of nitrogens with zero attached hydrogens (tertiary/aromatic N) is 1. The van der Waals surface area contributed by atoms with Gasteiger partial charge in [0.25, 0.3) is 0 Å². The minimum absolute atomic E-state index is 0.0138. The molecule has 1 atom stereocenters. The predicted molar refractivity (Wildman–Crippen MR) is 103 cm³/mol. The molecule has 0 aliphatic heterocycles. The molecule has 2 aromatic rings. The summed E-state index contributed by atoms with van der Waals surface area (Å²) in [5, 5.41) is 9.36. The number of fused-ring (bicyclic) bond motifs is 1. The summed E-state index contributed by atoms with van der Waals surface area (Å²) in [6.45, 7) is 0.490. The van der Waals surface area contributed by atoms with Crippen LogP contribution < -0.4 is 4.72 Å². The van der Waals surface area contributed by atoms with Gasteiger partial charge in [-0.05, 0) is 62.2 Å². The SMILES string of the molecule is CN(C)CC(NS(=O)(=O)c1cc(C(=O)O)cc2c1CCC2)c1ccccc1. The number of hydrogen-bond donors (Lipinski definition) is 2. The Morgan fingerprint density at radius 1 is 1.19 bits per heavy atom. The van der Waals surface area contributed by atoms with Crippen molar-refractivity contribution in [3.8, 4) is 0 Å². The lowest BCUT2D eigenvalue weighted by molar-refractivity contribution is 0.0696. The highest BCUT2D eigenvalue weighted by Gasteiger charge is 2.28. The molecule has 0 amide bonds. The van der Waals surface area contributed by atoms with E-state index in [4.69, 9.17) is 0 Å². The molecule has 2 N–H and O–H groups in total. The van der Waals surface area contributed by atoms with Gasteiger partial charge in [0.15, 0.2) is 0 Å². The van der Waals surface area contributed by atoms with Crippen molar-refractivity contribution in [1.82, 2.24) is 9.62 Å². The number of hydrogen-bond acceptors (Lipinski definition) is 4. The Kier molecular flexibility index (Phi) is 5.64. The maximum Gasteiger partial charge on any atom is 0.335 e. The number of rotatable bonds is 7. The second-order valence-corrected chi connectivity index (χ2v) is 8.80. The summed E-state index contributed by atoms with van der Waals surface area (Å²) in [7, 11) is -0.111. The maximum atomic E-state index is 13.2. The van der Waals surface area contributed by atoms with Gasteiger partial charge in [0, 0.05) is 6.54 Å². The molecule has 0 bridgehead atoms. The van der Waals surface area contributed by atoms with E-state index in [-0.39, 0.29) is 10.5 Å². The fraction of sp³-hybridized carbons (Fsp3) is 0.350. The maximum absolute atomic E-state index is 13.2. The fourth-order valence-electron chi connectivity index (χ4n) is 3.54. The third kappa shape index (κ3) is 4.37. The van der Waals surface area contributed by atoms with Gasteiger partial charge in [0.05, 0.1) is 16.5 Å². The first-order chi connectivity index (χ1) is 12.8. The van der Waals surface area contributed by atoms with E-state index in [1.54, 1.807) is 6.07 Å². The van der Waals surface area contributed by atoms with Gasteiger partial charge in [-0.15, -0.1) is 0 Å². The average Bonchev–Trinajstić information content (AvgIpc) is 3.08. The highest BCUT2D eigenvalue weighted by molar-refractivity contribution is 7.89. The van der Waals surface area contributed by atoms with Crippen LogP contribution in [0.5, 0.6) is 0 Å². The van der Waals surface area contributed by atoms with Crippen LogP contribution in [0.25, 0.3) is 0 Å². The fourth-order valence-corrected chi connectivity index (χ4v) is 5.09. The van der Waals surface area contributed by atoms with E-state index in [0.717, 1.165) is 23.1 Å². The van der Waals surface area contributed by atoms with Crippen molar-refractivity contribution in [1.29, 1.82) is 0 Å². The van der Waals surface area contributed by atoms with Crippen LogP contribution in [0.1, 0.15) is 39.5 Å². The van der Waals surface area contributed by atoms with Gasteiger partial charge >= 0.3 is 5.97 Å². The van der Waals surface area contributed by atoms with Crippen LogP contribution in [0.15, 0.2) is 47.4 Å². The van der Waals surface area contributed by atoms with E-state index in [1.807, 2.05) is 49.3 Å². The zero-order valence-electron chi connectivity index (χ0n) is 15.5. The zero-order chi connectivity index (χ0) is 19.6. The minimum Gasteiger partial charge on any atom is -0.478 e. The third-order valence-corrected chi connectivity index (χ3v) is 6.30. The Hall–Kier alpha value is -2.22. The van der Waals surface area contributed by atoms with E-state index < -0.39 is 22.0 Å². The minimum atomic E-state index is -3.87. The van der Waals surface area contributed by atoms with E-state index in [9.17, 15) is 18.3 Å². The van der Waals surface area contributed by atoms with Crippen LogP contribution in [0.4, 0.5) is 0 Å². The van der Waals surface area contributed by atoms with Crippen LogP contribution in [-0.4, -0.2) is 45.0 Å². The number of carboxylic acid groups (broad SMARTS) is 1. The highest BCUT2D eigenvalue weighted by atomic mass is 32.2. The number of nitrogens with one attached hydrogen (secondary N) is 1. The zero-order valence-corrected chi connectivity index (χ0v) is 16.3. The second-order valence-electron chi connectivity index (χ2n) is 7.12. The summed E-state index contributed by atoms with van der Waals surface area (Å²) >= 11 is 0. The Balaban J connectivity index is 2.02. The van der Waals surface area contributed by atoms with Crippen LogP contribution in [0, 0.1) is 0 Å². The van der Waals surface area contributed by atoms with Gasteiger partial charge in [0.1, 0.15) is 0 Å². The lowest BCUT2D eigenvalue weighted by atomic mass is 10.1. The van der Waals surface area contributed by atoms with Gasteiger partial charge in [-0.2, -0.15) is 0 Å². The molecule has 27 heavy (non-hydrogen) atoms. The number of likely N-dealkylation sites (N-methyl/N-ethyl adjacent to an activating group) is 1. The monoisotopic (exact) mass is 388 g/mol. The van der Waals surface area contributed by atoms with Gasteiger partial charge in [0.2, 0.25) is 10.0 Å². The van der Waals surface area contributed by atoms with Crippen molar-refractivity contribution in [3.05, 3.63) is 64.7 Å². The van der Waals surface area contributed by atoms with Crippen molar-refractivity contribution < 1.29 is 18.3 Å². The summed E-state index contributed by atoms with van der Waals surface area (Å²) in [5.74, 6) is -1.12. The van der Waals surface area contributed by atoms with Gasteiger partial charge in [-0.1, -0.05) is 30.3 Å². The molecule has 1 aliphatic carbocycles. The molecule has 1 aliphatic rings. The average molecular weight is 388 g/mol. The first-order valence-corrected chi connectivity index (χ1v) is 10.4. The molecule has 2 aromatic carbocycles. The van der Waals surface area contributed by atoms with E-state index in [0.29, 0.717) is 19.4 Å². The van der Waals surface area contributed by atoms with Crippen LogP contribution in [-0.2, 0) is 22.9 Å². The molecule has 0 radical (unpaired) electrons. The lowest BCUT2D eigenvalue weighted by Gasteiger charge is -2.23. The number of aryl methyl sites for hydroxylation is 1. The van der Waals surface area contributed by atoms with Crippen LogP contribution in [0.2, 0.25) is 0 Å². The normalized spacial score (nSPS) is 14.9. The van der Waals surface area contributed by atoms with Crippen LogP contribution in [0.3, 0.4) is 0 Å². The Bertz CT molecular complexity index is 940. The number of carboxylic acids is 1. The van der Waals surface area contributed by atoms with Crippen LogP contribution >= 0.6 is 0 Å². The Morgan fingerprint density at radius 3 is 2.52 bits per heavy atom. The predicted octanol–water partition coefficient (Wildman–Crippen LogP) is 2.45. The molecule has 144 valence electrons. The van der Waals surface area contributed by atoms with E-state index in [2.05, 4.69) is 4.72 Å². The van der Waals surface area contributed by atoms with Crippen molar-refractivity contribution >= 4 is 16.0 Å². The summed E-state index contributed by atoms with van der Waals surface area (Å²) in [5.41, 5.74) is 2.43. The molecule has 3 rings (SSSR count). The summed E-state index contributed by atoms with van der Waals surface area (Å²) in [6.07, 6.45) is 2.19. The number of aromatic carboxylic acids is 1. The first-order valence-electron chi connectivity index (χ1n) is 8.89. The van der Waals surface area contributed by atoms with E-state index >= 15 is 0 Å². The van der Waals surface area contributed by atoms with Crippen molar-refractivity contribution in [2.75, 3.05) is 20.6 Å². The molecule has 0 saturated heterocycles. The third-order valence-electron chi connectivity index (χ3n) is 4.76. The standard InChI is InChI=1S/C20H24N2O4S/c1-22(2)13-18(14-7-4-3-5-8-14)21-27(25,26)19-12-16(20(23)24)11-15-9-6-10-17(15)19/h3-5,7-8,11-12,18,21H,6,9-10,13H2,1-2H3,(H,23,24). The molecule has 0 saturated carbocycles. The molecular weight excluding hydrogens is 364 g/mol. The number of carbonyl (C=O) groups is 1. The molecule has 1 unspecified atom stereocenters. The molecule has 0 aromatic heterocycles. The molecule has 7 heteroatoms. The molecule has 6 nitrogen and oxygen atoms in total. The quantitative estimate of drug-likeness (QED) is 0.761. The Labute approximate surface area is 159 Å². The number of benzene rings is 2. The van der Waals surface area contributed by atoms with Gasteiger partial charge in [-0.25, -0.2) is 17.9 Å². The van der Waals surface area contributed by atoms with Crippen molar-refractivity contribution in [2.45, 2.75) is 30.2 Å². The highest BCUT2D eigenvalue weighted by Crippen LogP contribution is 2.31. The summed E-state index contributed by atoms with van der Waals surface area (Å²) in [4.78, 5) is 13.5. The van der Waals surface area contributed by atoms with E-state index in [1.165, 1.54) is 6.07 Å². The largest absolute Gasteiger partial charge is 0.478 e. The summed E-state index contributed by atoms with van der Waals surface area (Å²) in [6, 6.07) is 11.8. The number of sulfonamides is 1. The Morgan fingerprint density at radius 2 is 1.89 bits per heavy atom. The topological polar surface area (TPSA) is 86.7 Å². The lowest BCUT2D eigenvalue weighted by Crippen LogP contribution is -2.35. The molecule has 0 fully saturated rings. The molecule has 0 spiro atoms. The van der Waals surface area contributed by atoms with Gasteiger partial charge in [-0.3, -0.25) is 0 Å². The molecular formula is C20H24N2O4S. The van der Waals surface area contributed by atoms with Gasteiger partial charge < -0.3 is 10.0 Å². The summed E-state index contributed by atoms with van der Waals surface area (Å²) < 4.78 is 29.2. The van der Waals surface area contributed by atoms with Crippen molar-refractivity contribution in [2.24, 2.45) is 0 Å². The smallest absolute Gasteiger partial charge is 0.335 e. The van der Waals surface area contributed by atoms with Crippen molar-refractivity contribution in [3.63, 3.8) is 0 Å². The first kappa shape index (κ1) is 19.5.